The maximum atomic E-state index is 12.0. The average Bonchev–Trinajstić information content (AvgIpc) is 2.78. The van der Waals surface area contributed by atoms with Gasteiger partial charge in [0.25, 0.3) is 5.91 Å². The fraction of sp³-hybridized carbons (Fsp3) is 0.125. The molecule has 0 heterocycles. The van der Waals surface area contributed by atoms with Crippen LogP contribution in [0.3, 0.4) is 0 Å². The number of nitrogens with one attached hydrogen (secondary N) is 2. The van der Waals surface area contributed by atoms with Gasteiger partial charge in [-0.25, -0.2) is 0 Å². The maximum absolute atomic E-state index is 12.0. The van der Waals surface area contributed by atoms with Crippen LogP contribution in [0.5, 0.6) is 11.5 Å². The van der Waals surface area contributed by atoms with Gasteiger partial charge >= 0.3 is 5.97 Å². The molecule has 0 atom stereocenters. The second kappa shape index (κ2) is 11.5. The van der Waals surface area contributed by atoms with Crippen molar-refractivity contribution in [2.24, 2.45) is 0 Å². The van der Waals surface area contributed by atoms with Crippen molar-refractivity contribution in [2.45, 2.75) is 12.8 Å². The lowest BCUT2D eigenvalue weighted by molar-refractivity contribution is -0.147. The summed E-state index contributed by atoms with van der Waals surface area (Å²) in [6, 6.07) is 22.8. The highest BCUT2D eigenvalue weighted by Crippen LogP contribution is 2.22. The van der Waals surface area contributed by atoms with Gasteiger partial charge in [0.1, 0.15) is 11.5 Å². The average molecular weight is 453 g/mol. The Bertz CT molecular complexity index is 1070. The van der Waals surface area contributed by atoms with E-state index in [4.69, 9.17) is 21.1 Å². The monoisotopic (exact) mass is 452 g/mol. The number of carbonyl (C=O) groups is 3. The number of anilines is 2. The number of esters is 1. The summed E-state index contributed by atoms with van der Waals surface area (Å²) in [6.45, 7) is -0.447. The minimum atomic E-state index is -0.645. The number of carbonyl (C=O) groups excluding carboxylic acids is 3. The molecule has 7 nitrogen and oxygen atoms in total. The van der Waals surface area contributed by atoms with Crippen molar-refractivity contribution < 1.29 is 23.9 Å². The van der Waals surface area contributed by atoms with E-state index in [9.17, 15) is 14.4 Å². The van der Waals surface area contributed by atoms with Crippen molar-refractivity contribution in [2.75, 3.05) is 17.2 Å². The van der Waals surface area contributed by atoms with E-state index in [0.29, 0.717) is 27.9 Å². The molecular formula is C24H21ClN2O5. The van der Waals surface area contributed by atoms with Crippen LogP contribution in [0.25, 0.3) is 0 Å². The minimum Gasteiger partial charge on any atom is -0.457 e. The molecule has 0 aliphatic rings. The van der Waals surface area contributed by atoms with Crippen LogP contribution in [0, 0.1) is 0 Å². The first-order valence-corrected chi connectivity index (χ1v) is 10.2. The lowest BCUT2D eigenvalue weighted by Crippen LogP contribution is -2.21. The van der Waals surface area contributed by atoms with Gasteiger partial charge < -0.3 is 20.1 Å². The Labute approximate surface area is 190 Å². The summed E-state index contributed by atoms with van der Waals surface area (Å²) in [7, 11) is 0. The summed E-state index contributed by atoms with van der Waals surface area (Å²) in [4.78, 5) is 35.7. The van der Waals surface area contributed by atoms with E-state index in [2.05, 4.69) is 10.6 Å². The van der Waals surface area contributed by atoms with Crippen LogP contribution in [0.15, 0.2) is 78.9 Å². The number of halogens is 1. The number of ether oxygens (including phenoxy) is 2. The Morgan fingerprint density at radius 2 is 1.41 bits per heavy atom. The van der Waals surface area contributed by atoms with Gasteiger partial charge in [-0.2, -0.15) is 0 Å². The van der Waals surface area contributed by atoms with Crippen molar-refractivity contribution in [3.8, 4) is 11.5 Å². The van der Waals surface area contributed by atoms with Crippen molar-refractivity contribution in [1.82, 2.24) is 0 Å². The third-order valence-electron chi connectivity index (χ3n) is 4.15. The zero-order valence-electron chi connectivity index (χ0n) is 17.0. The molecule has 164 valence electrons. The van der Waals surface area contributed by atoms with Crippen LogP contribution < -0.4 is 15.4 Å². The van der Waals surface area contributed by atoms with E-state index in [-0.39, 0.29) is 18.7 Å². The zero-order chi connectivity index (χ0) is 22.8. The number of benzene rings is 3. The van der Waals surface area contributed by atoms with Crippen molar-refractivity contribution in [1.29, 1.82) is 0 Å². The summed E-state index contributed by atoms with van der Waals surface area (Å²) < 4.78 is 10.6. The van der Waals surface area contributed by atoms with E-state index in [1.807, 2.05) is 30.3 Å². The van der Waals surface area contributed by atoms with E-state index in [1.165, 1.54) is 0 Å². The lowest BCUT2D eigenvalue weighted by Gasteiger charge is -2.09. The number of para-hydroxylation sites is 1. The summed E-state index contributed by atoms with van der Waals surface area (Å²) >= 11 is 5.86. The molecular weight excluding hydrogens is 432 g/mol. The predicted octanol–water partition coefficient (Wildman–Crippen LogP) is 5.03. The molecule has 32 heavy (non-hydrogen) atoms. The highest BCUT2D eigenvalue weighted by atomic mass is 35.5. The first-order valence-electron chi connectivity index (χ1n) is 9.82. The number of hydrogen-bond acceptors (Lipinski definition) is 5. The zero-order valence-corrected chi connectivity index (χ0v) is 17.8. The molecule has 2 amide bonds. The Morgan fingerprint density at radius 3 is 2.12 bits per heavy atom. The van der Waals surface area contributed by atoms with Crippen LogP contribution in [0.1, 0.15) is 12.8 Å². The van der Waals surface area contributed by atoms with Crippen LogP contribution in [-0.4, -0.2) is 24.4 Å². The number of rotatable bonds is 9. The van der Waals surface area contributed by atoms with Gasteiger partial charge in [0.15, 0.2) is 6.61 Å². The summed E-state index contributed by atoms with van der Waals surface area (Å²) in [5.41, 5.74) is 1.07. The molecule has 0 unspecified atom stereocenters. The van der Waals surface area contributed by atoms with Crippen molar-refractivity contribution in [3.63, 3.8) is 0 Å². The molecule has 0 saturated carbocycles. The molecule has 3 rings (SSSR count). The van der Waals surface area contributed by atoms with Crippen LogP contribution in [0.4, 0.5) is 11.4 Å². The Morgan fingerprint density at radius 1 is 0.719 bits per heavy atom. The summed E-state index contributed by atoms with van der Waals surface area (Å²) in [6.07, 6.45) is -0.221. The fourth-order valence-electron chi connectivity index (χ4n) is 2.65. The molecule has 3 aromatic rings. The summed E-state index contributed by atoms with van der Waals surface area (Å²) in [5, 5.41) is 5.75. The van der Waals surface area contributed by atoms with E-state index in [0.717, 1.165) is 0 Å². The largest absolute Gasteiger partial charge is 0.457 e. The van der Waals surface area contributed by atoms with Crippen molar-refractivity contribution in [3.05, 3.63) is 83.9 Å². The minimum absolute atomic E-state index is 0.0736. The molecule has 0 radical (unpaired) electrons. The Hall–Kier alpha value is -3.84. The van der Waals surface area contributed by atoms with E-state index in [1.54, 1.807) is 48.5 Å². The summed E-state index contributed by atoms with van der Waals surface area (Å²) in [5.74, 6) is -0.160. The molecule has 8 heteroatoms. The van der Waals surface area contributed by atoms with Gasteiger partial charge in [-0.15, -0.1) is 0 Å². The smallest absolute Gasteiger partial charge is 0.306 e. The molecule has 0 bridgehead atoms. The van der Waals surface area contributed by atoms with Crippen LogP contribution in [-0.2, 0) is 19.1 Å². The highest BCUT2D eigenvalue weighted by Gasteiger charge is 2.11. The normalized spacial score (nSPS) is 10.2. The molecule has 2 N–H and O–H groups in total. The molecule has 0 fully saturated rings. The van der Waals surface area contributed by atoms with Gasteiger partial charge in [0.05, 0.1) is 6.42 Å². The van der Waals surface area contributed by atoms with Crippen LogP contribution >= 0.6 is 11.6 Å². The lowest BCUT2D eigenvalue weighted by atomic mass is 10.2. The SMILES string of the molecule is O=C(CCC(=O)OCC(=O)Nc1ccc(Oc2ccccc2)cc1)Nc1cccc(Cl)c1. The second-order valence-electron chi connectivity index (χ2n) is 6.71. The topological polar surface area (TPSA) is 93.7 Å². The van der Waals surface area contributed by atoms with Crippen LogP contribution in [0.2, 0.25) is 5.02 Å². The van der Waals surface area contributed by atoms with E-state index >= 15 is 0 Å². The quantitative estimate of drug-likeness (QED) is 0.444. The third-order valence-corrected chi connectivity index (χ3v) is 4.38. The molecule has 0 aliphatic heterocycles. The Balaban J connectivity index is 1.36. The van der Waals surface area contributed by atoms with Crippen molar-refractivity contribution >= 4 is 40.8 Å². The van der Waals surface area contributed by atoms with Gasteiger partial charge in [0.2, 0.25) is 5.91 Å². The maximum Gasteiger partial charge on any atom is 0.306 e. The second-order valence-corrected chi connectivity index (χ2v) is 7.14. The third kappa shape index (κ3) is 7.77. The highest BCUT2D eigenvalue weighted by molar-refractivity contribution is 6.30. The van der Waals surface area contributed by atoms with E-state index < -0.39 is 18.5 Å². The fourth-order valence-corrected chi connectivity index (χ4v) is 2.84. The van der Waals surface area contributed by atoms with Gasteiger partial charge in [-0.1, -0.05) is 35.9 Å². The molecule has 0 aromatic heterocycles. The number of amides is 2. The van der Waals surface area contributed by atoms with Gasteiger partial charge in [-0.05, 0) is 54.6 Å². The standard InChI is InChI=1S/C24H21ClN2O5/c25-17-5-4-6-19(15-17)27-22(28)13-14-24(30)31-16-23(29)26-18-9-11-21(12-10-18)32-20-7-2-1-3-8-20/h1-12,15H,13-14,16H2,(H,26,29)(H,27,28). The molecule has 3 aromatic carbocycles. The first-order chi connectivity index (χ1) is 15.5. The Kier molecular flexibility index (Phi) is 8.22. The molecule has 0 spiro atoms. The molecule has 0 saturated heterocycles. The first kappa shape index (κ1) is 22.8. The predicted molar refractivity (Wildman–Crippen MR) is 122 cm³/mol. The van der Waals surface area contributed by atoms with Gasteiger partial charge in [-0.3, -0.25) is 14.4 Å². The van der Waals surface area contributed by atoms with Gasteiger partial charge in [0, 0.05) is 22.8 Å². The number of hydrogen-bond donors (Lipinski definition) is 2. The molecule has 0 aliphatic carbocycles.